The molecule has 2 aromatic carbocycles. The van der Waals surface area contributed by atoms with Crippen LogP contribution in [0.1, 0.15) is 15.9 Å². The molecule has 24 heavy (non-hydrogen) atoms. The summed E-state index contributed by atoms with van der Waals surface area (Å²) in [6, 6.07) is 11.6. The van der Waals surface area contributed by atoms with Crippen LogP contribution in [-0.2, 0) is 9.84 Å². The minimum atomic E-state index is -3.42. The van der Waals surface area contributed by atoms with Crippen LogP contribution >= 0.6 is 0 Å². The number of hydrogen-bond donors (Lipinski definition) is 0. The lowest BCUT2D eigenvalue weighted by molar-refractivity contribution is 0.104. The van der Waals surface area contributed by atoms with Crippen molar-refractivity contribution in [3.63, 3.8) is 0 Å². The van der Waals surface area contributed by atoms with Gasteiger partial charge in [0, 0.05) is 11.8 Å². The molecule has 5 nitrogen and oxygen atoms in total. The van der Waals surface area contributed by atoms with Crippen LogP contribution in [0.25, 0.3) is 6.08 Å². The topological polar surface area (TPSA) is 69.7 Å². The molecular weight excluding hydrogens is 328 g/mol. The van der Waals surface area contributed by atoms with Crippen LogP contribution in [0, 0.1) is 0 Å². The molecule has 0 unspecified atom stereocenters. The molecule has 0 saturated carbocycles. The lowest BCUT2D eigenvalue weighted by Gasteiger charge is -2.08. The smallest absolute Gasteiger partial charge is 0.185 e. The molecule has 0 aliphatic carbocycles. The van der Waals surface area contributed by atoms with Gasteiger partial charge in [-0.25, -0.2) is 8.42 Å². The first-order chi connectivity index (χ1) is 11.3. The van der Waals surface area contributed by atoms with Crippen LogP contribution in [0.3, 0.4) is 0 Å². The van der Waals surface area contributed by atoms with Crippen LogP contribution in [0.15, 0.2) is 53.4 Å². The Labute approximate surface area is 141 Å². The van der Waals surface area contributed by atoms with Gasteiger partial charge in [0.2, 0.25) is 0 Å². The molecule has 2 rings (SSSR count). The van der Waals surface area contributed by atoms with Crippen molar-refractivity contribution < 1.29 is 22.7 Å². The quantitative estimate of drug-likeness (QED) is 0.594. The molecule has 0 N–H and O–H groups in total. The summed E-state index contributed by atoms with van der Waals surface area (Å²) in [6.07, 6.45) is 4.18. The minimum absolute atomic E-state index is 0.0540. The van der Waals surface area contributed by atoms with Gasteiger partial charge in [-0.2, -0.15) is 0 Å². The Hall–Kier alpha value is -2.60. The van der Waals surface area contributed by atoms with E-state index in [0.717, 1.165) is 11.8 Å². The molecule has 0 aliphatic heterocycles. The summed E-state index contributed by atoms with van der Waals surface area (Å²) in [7, 11) is -0.481. The number of sulfone groups is 1. The molecule has 126 valence electrons. The zero-order chi connectivity index (χ0) is 17.7. The van der Waals surface area contributed by atoms with Crippen LogP contribution < -0.4 is 9.47 Å². The Balaban J connectivity index is 2.28. The van der Waals surface area contributed by atoms with E-state index < -0.39 is 9.84 Å². The fraction of sp³-hybridized carbons (Fsp3) is 0.167. The summed E-state index contributed by atoms with van der Waals surface area (Å²) in [5, 5.41) is 0. The average Bonchev–Trinajstić information content (AvgIpc) is 2.58. The van der Waals surface area contributed by atoms with E-state index in [-0.39, 0.29) is 16.4 Å². The Bertz CT molecular complexity index is 882. The third-order valence-electron chi connectivity index (χ3n) is 3.37. The van der Waals surface area contributed by atoms with Gasteiger partial charge in [0.25, 0.3) is 0 Å². The molecule has 0 aliphatic rings. The van der Waals surface area contributed by atoms with E-state index >= 15 is 0 Å². The van der Waals surface area contributed by atoms with Gasteiger partial charge in [-0.05, 0) is 42.0 Å². The summed E-state index contributed by atoms with van der Waals surface area (Å²) in [4.78, 5) is 12.3. The van der Waals surface area contributed by atoms with E-state index in [1.54, 1.807) is 19.3 Å². The third-order valence-corrected chi connectivity index (χ3v) is 4.50. The van der Waals surface area contributed by atoms with E-state index in [1.165, 1.54) is 31.4 Å². The number of carbonyl (C=O) groups excluding carboxylic acids is 1. The number of allylic oxidation sites excluding steroid dienone is 1. The van der Waals surface area contributed by atoms with Crippen molar-refractivity contribution >= 4 is 21.7 Å². The number of ether oxygens (including phenoxy) is 2. The van der Waals surface area contributed by atoms with Gasteiger partial charge in [-0.15, -0.1) is 0 Å². The second-order valence-corrected chi connectivity index (χ2v) is 7.10. The Morgan fingerprint density at radius 1 is 1.04 bits per heavy atom. The molecule has 0 aromatic heterocycles. The van der Waals surface area contributed by atoms with E-state index in [9.17, 15) is 13.2 Å². The van der Waals surface area contributed by atoms with Crippen molar-refractivity contribution in [2.45, 2.75) is 4.90 Å². The normalized spacial score (nSPS) is 11.5. The van der Waals surface area contributed by atoms with Crippen LogP contribution in [-0.4, -0.2) is 34.7 Å². The van der Waals surface area contributed by atoms with Gasteiger partial charge < -0.3 is 9.47 Å². The predicted molar refractivity (Wildman–Crippen MR) is 92.5 cm³/mol. The van der Waals surface area contributed by atoms with Crippen molar-refractivity contribution in [2.75, 3.05) is 20.5 Å². The fourth-order valence-corrected chi connectivity index (χ4v) is 2.96. The highest BCUT2D eigenvalue weighted by molar-refractivity contribution is 7.90. The standard InChI is InChI=1S/C18H18O5S/c1-22-15-6-4-5-13(11-15)7-9-16(19)14-8-10-18(24(3,20)21)17(12-14)23-2/h4-12H,1-3H3. The second kappa shape index (κ2) is 7.31. The molecule has 0 spiro atoms. The van der Waals surface area contributed by atoms with Crippen LogP contribution in [0.5, 0.6) is 11.5 Å². The van der Waals surface area contributed by atoms with E-state index in [0.29, 0.717) is 11.3 Å². The molecule has 0 saturated heterocycles. The molecule has 0 fully saturated rings. The number of carbonyl (C=O) groups is 1. The Morgan fingerprint density at radius 3 is 2.42 bits per heavy atom. The molecular formula is C18H18O5S. The zero-order valence-corrected chi connectivity index (χ0v) is 14.5. The summed E-state index contributed by atoms with van der Waals surface area (Å²) in [5.41, 5.74) is 1.17. The molecule has 0 amide bonds. The van der Waals surface area contributed by atoms with Gasteiger partial charge >= 0.3 is 0 Å². The highest BCUT2D eigenvalue weighted by atomic mass is 32.2. The lowest BCUT2D eigenvalue weighted by Crippen LogP contribution is -2.03. The number of rotatable bonds is 6. The summed E-state index contributed by atoms with van der Waals surface area (Å²) in [6.45, 7) is 0. The Kier molecular flexibility index (Phi) is 5.41. The van der Waals surface area contributed by atoms with Gasteiger partial charge in [-0.3, -0.25) is 4.79 Å². The van der Waals surface area contributed by atoms with Crippen molar-refractivity contribution in [3.8, 4) is 11.5 Å². The highest BCUT2D eigenvalue weighted by Gasteiger charge is 2.16. The van der Waals surface area contributed by atoms with Crippen molar-refractivity contribution in [2.24, 2.45) is 0 Å². The molecule has 6 heteroatoms. The highest BCUT2D eigenvalue weighted by Crippen LogP contribution is 2.25. The van der Waals surface area contributed by atoms with E-state index in [2.05, 4.69) is 0 Å². The van der Waals surface area contributed by atoms with Crippen LogP contribution in [0.2, 0.25) is 0 Å². The maximum absolute atomic E-state index is 12.3. The minimum Gasteiger partial charge on any atom is -0.497 e. The first-order valence-electron chi connectivity index (χ1n) is 7.09. The van der Waals surface area contributed by atoms with Gasteiger partial charge in [0.1, 0.15) is 16.4 Å². The van der Waals surface area contributed by atoms with Crippen LogP contribution in [0.4, 0.5) is 0 Å². The largest absolute Gasteiger partial charge is 0.497 e. The molecule has 2 aromatic rings. The maximum Gasteiger partial charge on any atom is 0.185 e. The summed E-state index contributed by atoms with van der Waals surface area (Å²) in [5.74, 6) is 0.595. The molecule has 0 heterocycles. The number of ketones is 1. The number of benzene rings is 2. The monoisotopic (exact) mass is 346 g/mol. The third kappa shape index (κ3) is 4.23. The first-order valence-corrected chi connectivity index (χ1v) is 8.99. The van der Waals surface area contributed by atoms with Gasteiger partial charge in [0.15, 0.2) is 15.6 Å². The predicted octanol–water partition coefficient (Wildman–Crippen LogP) is 3.00. The SMILES string of the molecule is COc1cccc(C=CC(=O)c2ccc(S(C)(=O)=O)c(OC)c2)c1. The van der Waals surface area contributed by atoms with Crippen molar-refractivity contribution in [1.29, 1.82) is 0 Å². The van der Waals surface area contributed by atoms with E-state index in [4.69, 9.17) is 9.47 Å². The average molecular weight is 346 g/mol. The number of hydrogen-bond acceptors (Lipinski definition) is 5. The first kappa shape index (κ1) is 17.7. The second-order valence-electron chi connectivity index (χ2n) is 5.11. The summed E-state index contributed by atoms with van der Waals surface area (Å²) < 4.78 is 33.6. The maximum atomic E-state index is 12.3. The van der Waals surface area contributed by atoms with Crippen molar-refractivity contribution in [1.82, 2.24) is 0 Å². The number of methoxy groups -OCH3 is 2. The van der Waals surface area contributed by atoms with E-state index in [1.807, 2.05) is 18.2 Å². The Morgan fingerprint density at radius 2 is 1.79 bits per heavy atom. The lowest BCUT2D eigenvalue weighted by atomic mass is 10.1. The molecule has 0 radical (unpaired) electrons. The molecule has 0 bridgehead atoms. The van der Waals surface area contributed by atoms with Crippen molar-refractivity contribution in [3.05, 3.63) is 59.7 Å². The fourth-order valence-electron chi connectivity index (χ4n) is 2.14. The zero-order valence-electron chi connectivity index (χ0n) is 13.6. The summed E-state index contributed by atoms with van der Waals surface area (Å²) >= 11 is 0. The molecule has 0 atom stereocenters. The van der Waals surface area contributed by atoms with Gasteiger partial charge in [0.05, 0.1) is 14.2 Å². The van der Waals surface area contributed by atoms with Gasteiger partial charge in [-0.1, -0.05) is 18.2 Å².